The Morgan fingerprint density at radius 3 is 2.32 bits per heavy atom. The molecule has 0 radical (unpaired) electrons. The summed E-state index contributed by atoms with van der Waals surface area (Å²) in [4.78, 5) is 13.2. The predicted molar refractivity (Wildman–Crippen MR) is 119 cm³/mol. The van der Waals surface area contributed by atoms with Crippen molar-refractivity contribution in [3.63, 3.8) is 0 Å². The second kappa shape index (κ2) is 10.7. The summed E-state index contributed by atoms with van der Waals surface area (Å²) in [5.74, 6) is 1.47. The van der Waals surface area contributed by atoms with Gasteiger partial charge in [-0.1, -0.05) is 41.0 Å². The third-order valence-corrected chi connectivity index (χ3v) is 4.34. The summed E-state index contributed by atoms with van der Waals surface area (Å²) < 4.78 is 13.7. The maximum Gasteiger partial charge on any atom is 0.258 e. The number of pyridine rings is 1. The van der Waals surface area contributed by atoms with Gasteiger partial charge in [0.2, 0.25) is 0 Å². The van der Waals surface area contributed by atoms with E-state index in [0.717, 1.165) is 36.1 Å². The van der Waals surface area contributed by atoms with Crippen molar-refractivity contribution >= 4 is 23.2 Å². The third-order valence-electron chi connectivity index (χ3n) is 4.34. The van der Waals surface area contributed by atoms with Gasteiger partial charge in [-0.15, -0.1) is 12.4 Å². The summed E-state index contributed by atoms with van der Waals surface area (Å²) in [5.41, 5.74) is 6.77. The van der Waals surface area contributed by atoms with E-state index in [2.05, 4.69) is 34.6 Å². The van der Waals surface area contributed by atoms with Gasteiger partial charge in [0, 0.05) is 18.5 Å². The molecule has 2 aromatic rings. The summed E-state index contributed by atoms with van der Waals surface area (Å²) in [6.45, 7) is 12.6. The van der Waals surface area contributed by atoms with Crippen molar-refractivity contribution < 1.29 is 9.47 Å². The van der Waals surface area contributed by atoms with Crippen molar-refractivity contribution in [3.8, 4) is 11.5 Å². The number of benzene rings is 1. The largest absolute Gasteiger partial charge is 0.494 e. The monoisotopic (exact) mass is 410 g/mol. The van der Waals surface area contributed by atoms with Crippen LogP contribution in [0.25, 0.3) is 10.8 Å². The number of halogens is 1. The van der Waals surface area contributed by atoms with Gasteiger partial charge in [0.05, 0.1) is 24.3 Å². The Bertz CT molecular complexity index is 825. The molecule has 5 nitrogen and oxygen atoms in total. The Hall–Kier alpha value is -1.72. The molecule has 1 heterocycles. The minimum absolute atomic E-state index is 0. The first-order chi connectivity index (χ1) is 12.8. The molecule has 0 fully saturated rings. The van der Waals surface area contributed by atoms with Crippen LogP contribution in [0.1, 0.15) is 59.6 Å². The molecule has 28 heavy (non-hydrogen) atoms. The minimum atomic E-state index is -0.0493. The van der Waals surface area contributed by atoms with Gasteiger partial charge in [-0.2, -0.15) is 0 Å². The zero-order valence-electron chi connectivity index (χ0n) is 17.8. The van der Waals surface area contributed by atoms with E-state index in [1.165, 1.54) is 0 Å². The van der Waals surface area contributed by atoms with Crippen LogP contribution in [-0.2, 0) is 13.1 Å². The Morgan fingerprint density at radius 1 is 1.04 bits per heavy atom. The van der Waals surface area contributed by atoms with Crippen LogP contribution >= 0.6 is 12.4 Å². The molecule has 0 atom stereocenters. The number of aromatic nitrogens is 1. The fourth-order valence-electron chi connectivity index (χ4n) is 3.08. The number of nitrogens with two attached hydrogens (primary N) is 1. The number of nitrogens with zero attached hydrogens (tertiary/aromatic N) is 1. The maximum atomic E-state index is 13.2. The first-order valence-electron chi connectivity index (χ1n) is 9.97. The average Bonchev–Trinajstić information content (AvgIpc) is 2.62. The lowest BCUT2D eigenvalue weighted by atomic mass is 9.96. The van der Waals surface area contributed by atoms with Crippen LogP contribution in [0, 0.1) is 5.41 Å². The topological polar surface area (TPSA) is 66.5 Å². The molecule has 1 aromatic heterocycles. The molecular formula is C22H35ClN2O3. The second-order valence-electron chi connectivity index (χ2n) is 8.19. The van der Waals surface area contributed by atoms with E-state index < -0.39 is 0 Å². The molecule has 0 saturated heterocycles. The highest BCUT2D eigenvalue weighted by atomic mass is 35.5. The fourth-order valence-corrected chi connectivity index (χ4v) is 3.08. The molecule has 0 bridgehead atoms. The smallest absolute Gasteiger partial charge is 0.258 e. The predicted octanol–water partition coefficient (Wildman–Crippen LogP) is 4.90. The minimum Gasteiger partial charge on any atom is -0.494 e. The van der Waals surface area contributed by atoms with Crippen LogP contribution in [0.3, 0.4) is 0 Å². The van der Waals surface area contributed by atoms with Gasteiger partial charge in [0.25, 0.3) is 5.56 Å². The molecule has 0 amide bonds. The Balaban J connectivity index is 0.00000392. The lowest BCUT2D eigenvalue weighted by molar-refractivity contribution is 0.294. The number of rotatable bonds is 9. The second-order valence-corrected chi connectivity index (χ2v) is 8.19. The Labute approximate surface area is 174 Å². The molecule has 0 saturated carbocycles. The van der Waals surface area contributed by atoms with E-state index in [4.69, 9.17) is 15.2 Å². The van der Waals surface area contributed by atoms with Gasteiger partial charge < -0.3 is 19.8 Å². The van der Waals surface area contributed by atoms with E-state index in [1.807, 2.05) is 18.2 Å². The molecule has 2 N–H and O–H groups in total. The molecule has 6 heteroatoms. The van der Waals surface area contributed by atoms with Gasteiger partial charge in [0.15, 0.2) is 0 Å². The summed E-state index contributed by atoms with van der Waals surface area (Å²) >= 11 is 0. The molecule has 1 aromatic carbocycles. The van der Waals surface area contributed by atoms with Gasteiger partial charge in [0.1, 0.15) is 11.5 Å². The van der Waals surface area contributed by atoms with E-state index >= 15 is 0 Å². The third kappa shape index (κ3) is 5.89. The van der Waals surface area contributed by atoms with E-state index in [1.54, 1.807) is 4.57 Å². The molecule has 0 unspecified atom stereocenters. The number of ether oxygens (including phenoxy) is 2. The SMILES string of the molecule is CCCCOc1c(CN)n(CC(C)(C)C)c(=O)c2ccc(OCCC)cc12.Cl. The van der Waals surface area contributed by atoms with E-state index in [0.29, 0.717) is 30.9 Å². The lowest BCUT2D eigenvalue weighted by Gasteiger charge is -2.25. The first-order valence-corrected chi connectivity index (χ1v) is 9.97. The summed E-state index contributed by atoms with van der Waals surface area (Å²) in [7, 11) is 0. The van der Waals surface area contributed by atoms with Crippen LogP contribution < -0.4 is 20.8 Å². The van der Waals surface area contributed by atoms with Crippen molar-refractivity contribution in [1.29, 1.82) is 0 Å². The van der Waals surface area contributed by atoms with Crippen molar-refractivity contribution in [2.24, 2.45) is 11.1 Å². The molecule has 0 spiro atoms. The van der Waals surface area contributed by atoms with Crippen LogP contribution in [0.15, 0.2) is 23.0 Å². The summed E-state index contributed by atoms with van der Waals surface area (Å²) in [6, 6.07) is 5.61. The van der Waals surface area contributed by atoms with Gasteiger partial charge in [-0.25, -0.2) is 0 Å². The normalized spacial score (nSPS) is 11.4. The van der Waals surface area contributed by atoms with Crippen molar-refractivity contribution in [1.82, 2.24) is 4.57 Å². The number of hydrogen-bond donors (Lipinski definition) is 1. The highest BCUT2D eigenvalue weighted by molar-refractivity contribution is 5.89. The summed E-state index contributed by atoms with van der Waals surface area (Å²) in [5, 5.41) is 1.43. The highest BCUT2D eigenvalue weighted by Crippen LogP contribution is 2.32. The zero-order valence-corrected chi connectivity index (χ0v) is 18.7. The highest BCUT2D eigenvalue weighted by Gasteiger charge is 2.21. The number of unbranched alkanes of at least 4 members (excludes halogenated alkanes) is 1. The van der Waals surface area contributed by atoms with Gasteiger partial charge >= 0.3 is 0 Å². The van der Waals surface area contributed by atoms with Gasteiger partial charge in [-0.05, 0) is 36.5 Å². The number of hydrogen-bond acceptors (Lipinski definition) is 4. The Morgan fingerprint density at radius 2 is 1.75 bits per heavy atom. The Kier molecular flexibility index (Phi) is 9.31. The standard InChI is InChI=1S/C22H34N2O3.ClH/c1-6-8-12-27-20-18-13-16(26-11-7-2)9-10-17(18)21(25)24(19(20)14-23)15-22(3,4)5;/h9-10,13H,6-8,11-12,14-15,23H2,1-5H3;1H. The van der Waals surface area contributed by atoms with Crippen LogP contribution in [0.4, 0.5) is 0 Å². The maximum absolute atomic E-state index is 13.2. The van der Waals surface area contributed by atoms with E-state index in [9.17, 15) is 4.79 Å². The molecule has 2 rings (SSSR count). The first kappa shape index (κ1) is 24.3. The lowest BCUT2D eigenvalue weighted by Crippen LogP contribution is -2.31. The summed E-state index contributed by atoms with van der Waals surface area (Å²) in [6.07, 6.45) is 2.93. The van der Waals surface area contributed by atoms with Gasteiger partial charge in [-0.3, -0.25) is 4.79 Å². The van der Waals surface area contributed by atoms with Crippen molar-refractivity contribution in [3.05, 3.63) is 34.2 Å². The molecular weight excluding hydrogens is 376 g/mol. The molecule has 158 valence electrons. The van der Waals surface area contributed by atoms with Crippen LogP contribution in [0.2, 0.25) is 0 Å². The molecule has 0 aliphatic carbocycles. The zero-order chi connectivity index (χ0) is 20.0. The van der Waals surface area contributed by atoms with Crippen LogP contribution in [-0.4, -0.2) is 17.8 Å². The number of fused-ring (bicyclic) bond motifs is 1. The quantitative estimate of drug-likeness (QED) is 0.597. The molecule has 0 aliphatic heterocycles. The van der Waals surface area contributed by atoms with Crippen molar-refractivity contribution in [2.75, 3.05) is 13.2 Å². The van der Waals surface area contributed by atoms with Crippen molar-refractivity contribution in [2.45, 2.75) is 67.0 Å². The molecule has 0 aliphatic rings. The fraction of sp³-hybridized carbons (Fsp3) is 0.591. The average molecular weight is 411 g/mol. The van der Waals surface area contributed by atoms with E-state index in [-0.39, 0.29) is 29.9 Å². The van der Waals surface area contributed by atoms with Crippen LogP contribution in [0.5, 0.6) is 11.5 Å².